The van der Waals surface area contributed by atoms with Crippen LogP contribution in [-0.2, 0) is 4.74 Å². The third kappa shape index (κ3) is 4.05. The number of nitrogens with zero attached hydrogens (tertiary/aromatic N) is 6. The van der Waals surface area contributed by atoms with Crippen molar-refractivity contribution in [2.24, 2.45) is 0 Å². The van der Waals surface area contributed by atoms with Crippen LogP contribution in [0.3, 0.4) is 0 Å². The Hall–Kier alpha value is -3.56. The lowest BCUT2D eigenvalue weighted by Gasteiger charge is -2.27. The highest BCUT2D eigenvalue weighted by atomic mass is 35.5. The summed E-state index contributed by atoms with van der Waals surface area (Å²) in [6, 6.07) is 14.1. The van der Waals surface area contributed by atoms with Gasteiger partial charge in [0.15, 0.2) is 5.65 Å². The molecule has 0 radical (unpaired) electrons. The van der Waals surface area contributed by atoms with E-state index in [1.807, 2.05) is 12.1 Å². The summed E-state index contributed by atoms with van der Waals surface area (Å²) in [6.07, 6.45) is 1.56. The molecule has 1 fully saturated rings. The molecule has 4 aromatic rings. The van der Waals surface area contributed by atoms with Crippen molar-refractivity contribution in [2.45, 2.75) is 0 Å². The molecule has 0 saturated carbocycles. The van der Waals surface area contributed by atoms with Gasteiger partial charge in [-0.3, -0.25) is 9.78 Å². The number of fused-ring (bicyclic) bond motifs is 1. The monoisotopic (exact) mass is 435 g/mol. The van der Waals surface area contributed by atoms with Crippen LogP contribution in [0.25, 0.3) is 17.2 Å². The zero-order chi connectivity index (χ0) is 21.2. The summed E-state index contributed by atoms with van der Waals surface area (Å²) in [7, 11) is 0. The smallest absolute Gasteiger partial charge is 0.255 e. The molecule has 4 heterocycles. The molecule has 1 amide bonds. The second-order valence-electron chi connectivity index (χ2n) is 6.98. The molecular weight excluding hydrogens is 418 g/mol. The molecule has 1 aliphatic heterocycles. The average molecular weight is 436 g/mol. The first-order valence-corrected chi connectivity index (χ1v) is 10.1. The lowest BCUT2D eigenvalue weighted by atomic mass is 10.2. The third-order valence-electron chi connectivity index (χ3n) is 4.92. The van der Waals surface area contributed by atoms with Crippen LogP contribution in [0.15, 0.2) is 54.7 Å². The fraction of sp³-hybridized carbons (Fsp3) is 0.190. The van der Waals surface area contributed by atoms with Crippen molar-refractivity contribution in [1.82, 2.24) is 24.8 Å². The number of carbonyl (C=O) groups is 1. The lowest BCUT2D eigenvalue weighted by molar-refractivity contribution is 0.102. The number of ether oxygens (including phenoxy) is 1. The maximum absolute atomic E-state index is 12.7. The zero-order valence-electron chi connectivity index (χ0n) is 16.4. The van der Waals surface area contributed by atoms with E-state index in [4.69, 9.17) is 21.4 Å². The topological polar surface area (TPSA) is 97.5 Å². The molecule has 0 spiro atoms. The number of pyridine rings is 1. The van der Waals surface area contributed by atoms with Gasteiger partial charge in [0.2, 0.25) is 5.82 Å². The van der Waals surface area contributed by atoms with E-state index >= 15 is 0 Å². The minimum atomic E-state index is -0.276. The number of morpholine rings is 1. The Kier molecular flexibility index (Phi) is 5.19. The maximum Gasteiger partial charge on any atom is 0.255 e. The maximum atomic E-state index is 12.7. The highest BCUT2D eigenvalue weighted by molar-refractivity contribution is 6.31. The first-order valence-electron chi connectivity index (χ1n) is 9.76. The largest absolute Gasteiger partial charge is 0.378 e. The quantitative estimate of drug-likeness (QED) is 0.526. The molecule has 0 unspecified atom stereocenters. The summed E-state index contributed by atoms with van der Waals surface area (Å²) in [5.74, 6) is 0.996. The summed E-state index contributed by atoms with van der Waals surface area (Å²) in [6.45, 7) is 2.88. The van der Waals surface area contributed by atoms with Gasteiger partial charge >= 0.3 is 0 Å². The molecule has 1 N–H and O–H groups in total. The molecule has 31 heavy (non-hydrogen) atoms. The summed E-state index contributed by atoms with van der Waals surface area (Å²) >= 11 is 5.99. The number of aromatic nitrogens is 5. The minimum Gasteiger partial charge on any atom is -0.378 e. The van der Waals surface area contributed by atoms with E-state index in [2.05, 4.69) is 25.4 Å². The summed E-state index contributed by atoms with van der Waals surface area (Å²) < 4.78 is 7.06. The van der Waals surface area contributed by atoms with E-state index in [1.165, 1.54) is 0 Å². The standard InChI is InChI=1S/C21H18ClN7O2/c22-15-2-1-3-16(13-15)24-21(30)14-6-7-23-17(12-14)20-26-25-18-4-5-19(27-29(18)20)28-8-10-31-11-9-28/h1-7,12-13H,8-11H2,(H,24,30). The van der Waals surface area contributed by atoms with Crippen LogP contribution < -0.4 is 10.2 Å². The van der Waals surface area contributed by atoms with Crippen molar-refractivity contribution >= 4 is 34.7 Å². The van der Waals surface area contributed by atoms with Gasteiger partial charge in [-0.1, -0.05) is 17.7 Å². The summed E-state index contributed by atoms with van der Waals surface area (Å²) in [5, 5.41) is 16.5. The molecule has 5 rings (SSSR count). The Morgan fingerprint density at radius 1 is 1.06 bits per heavy atom. The van der Waals surface area contributed by atoms with Crippen LogP contribution in [0.4, 0.5) is 11.5 Å². The number of benzene rings is 1. The Labute approximate surface area is 182 Å². The van der Waals surface area contributed by atoms with Crippen LogP contribution in [0.2, 0.25) is 5.02 Å². The SMILES string of the molecule is O=C(Nc1cccc(Cl)c1)c1ccnc(-c2nnc3ccc(N4CCOCC4)nn23)c1. The lowest BCUT2D eigenvalue weighted by Crippen LogP contribution is -2.37. The Balaban J connectivity index is 1.45. The van der Waals surface area contributed by atoms with Crippen LogP contribution >= 0.6 is 11.6 Å². The molecule has 0 atom stereocenters. The van der Waals surface area contributed by atoms with Gasteiger partial charge in [-0.05, 0) is 42.5 Å². The highest BCUT2D eigenvalue weighted by Crippen LogP contribution is 2.21. The van der Waals surface area contributed by atoms with Gasteiger partial charge in [0, 0.05) is 35.6 Å². The number of halogens is 1. The minimum absolute atomic E-state index is 0.276. The van der Waals surface area contributed by atoms with Gasteiger partial charge in [0.05, 0.1) is 13.2 Å². The van der Waals surface area contributed by atoms with Gasteiger partial charge in [0.1, 0.15) is 11.5 Å². The number of anilines is 2. The average Bonchev–Trinajstić information content (AvgIpc) is 3.23. The first kappa shape index (κ1) is 19.4. The van der Waals surface area contributed by atoms with Gasteiger partial charge in [-0.2, -0.15) is 4.52 Å². The van der Waals surface area contributed by atoms with Crippen molar-refractivity contribution in [3.8, 4) is 11.5 Å². The van der Waals surface area contributed by atoms with Crippen molar-refractivity contribution in [3.63, 3.8) is 0 Å². The van der Waals surface area contributed by atoms with Crippen LogP contribution in [0.5, 0.6) is 0 Å². The molecule has 10 heteroatoms. The number of rotatable bonds is 4. The number of hydrogen-bond acceptors (Lipinski definition) is 7. The predicted molar refractivity (Wildman–Crippen MR) is 116 cm³/mol. The molecule has 1 aromatic carbocycles. The molecule has 0 bridgehead atoms. The van der Waals surface area contributed by atoms with Gasteiger partial charge < -0.3 is 15.0 Å². The number of hydrogen-bond donors (Lipinski definition) is 1. The Morgan fingerprint density at radius 2 is 1.94 bits per heavy atom. The fourth-order valence-corrected chi connectivity index (χ4v) is 3.55. The zero-order valence-corrected chi connectivity index (χ0v) is 17.2. The number of amides is 1. The molecule has 9 nitrogen and oxygen atoms in total. The molecule has 3 aromatic heterocycles. The predicted octanol–water partition coefficient (Wildman–Crippen LogP) is 2.93. The number of carbonyl (C=O) groups excluding carboxylic acids is 1. The van der Waals surface area contributed by atoms with E-state index in [9.17, 15) is 4.79 Å². The van der Waals surface area contributed by atoms with Crippen LogP contribution in [0.1, 0.15) is 10.4 Å². The van der Waals surface area contributed by atoms with Gasteiger partial charge in [-0.25, -0.2) is 0 Å². The molecule has 156 valence electrons. The Bertz CT molecular complexity index is 1250. The normalized spacial score (nSPS) is 14.0. The first-order chi connectivity index (χ1) is 15.2. The van der Waals surface area contributed by atoms with E-state index in [0.29, 0.717) is 46.7 Å². The Morgan fingerprint density at radius 3 is 2.77 bits per heavy atom. The van der Waals surface area contributed by atoms with Crippen molar-refractivity contribution in [3.05, 3.63) is 65.3 Å². The highest BCUT2D eigenvalue weighted by Gasteiger charge is 2.17. The van der Waals surface area contributed by atoms with Crippen LogP contribution in [-0.4, -0.2) is 57.0 Å². The van der Waals surface area contributed by atoms with Crippen molar-refractivity contribution < 1.29 is 9.53 Å². The van der Waals surface area contributed by atoms with E-state index in [0.717, 1.165) is 18.9 Å². The second kappa shape index (κ2) is 8.29. The molecule has 1 saturated heterocycles. The summed E-state index contributed by atoms with van der Waals surface area (Å²) in [5.41, 5.74) is 2.15. The van der Waals surface area contributed by atoms with Crippen molar-refractivity contribution in [2.75, 3.05) is 36.5 Å². The molecular formula is C21H18ClN7O2. The van der Waals surface area contributed by atoms with Crippen LogP contribution in [0, 0.1) is 0 Å². The summed E-state index contributed by atoms with van der Waals surface area (Å²) in [4.78, 5) is 19.2. The van der Waals surface area contributed by atoms with Crippen molar-refractivity contribution in [1.29, 1.82) is 0 Å². The second-order valence-corrected chi connectivity index (χ2v) is 7.42. The molecule has 1 aliphatic rings. The van der Waals surface area contributed by atoms with E-state index in [1.54, 1.807) is 47.1 Å². The fourth-order valence-electron chi connectivity index (χ4n) is 3.36. The van der Waals surface area contributed by atoms with E-state index < -0.39 is 0 Å². The molecule has 0 aliphatic carbocycles. The van der Waals surface area contributed by atoms with Gasteiger partial charge in [0.25, 0.3) is 5.91 Å². The van der Waals surface area contributed by atoms with Gasteiger partial charge in [-0.15, -0.1) is 15.3 Å². The number of nitrogens with one attached hydrogen (secondary N) is 1. The third-order valence-corrected chi connectivity index (χ3v) is 5.15. The van der Waals surface area contributed by atoms with E-state index in [-0.39, 0.29) is 5.91 Å².